The number of likely N-dealkylation sites (tertiary alicyclic amines) is 1. The summed E-state index contributed by atoms with van der Waals surface area (Å²) in [4.78, 5) is 5.77. The van der Waals surface area contributed by atoms with E-state index in [4.69, 9.17) is 5.11 Å². The minimum Gasteiger partial charge on any atom is -0.392 e. The highest BCUT2D eigenvalue weighted by molar-refractivity contribution is 5.14. The third kappa shape index (κ3) is 4.66. The second-order valence-electron chi connectivity index (χ2n) is 5.41. The van der Waals surface area contributed by atoms with E-state index >= 15 is 0 Å². The van der Waals surface area contributed by atoms with Crippen molar-refractivity contribution in [3.05, 3.63) is 30.1 Å². The first kappa shape index (κ1) is 14.0. The Morgan fingerprint density at radius 1 is 1.53 bits per heavy atom. The Balaban J connectivity index is 1.85. The maximum Gasteiger partial charge on any atom is 0.139 e. The summed E-state index contributed by atoms with van der Waals surface area (Å²) in [5.41, 5.74) is 1.36. The Kier molecular flexibility index (Phi) is 5.38. The molecule has 1 fully saturated rings. The van der Waals surface area contributed by atoms with Crippen molar-refractivity contribution in [1.82, 2.24) is 4.98 Å². The Hall–Kier alpha value is -1.37. The molecule has 0 radical (unpaired) electrons. The Morgan fingerprint density at radius 3 is 3.16 bits per heavy atom. The standard InChI is InChI=1S/C16H22N2O/c1-14(19)6-2-3-10-18-11-5-8-16(13-18)15-7-4-9-17-12-15/h4,7,9,12,14,16,19H,5-6,8,10-11,13H2,1H3/p+1. The molecular formula is C16H23N2O+. The number of hydrogen-bond acceptors (Lipinski definition) is 2. The smallest absolute Gasteiger partial charge is 0.139 e. The van der Waals surface area contributed by atoms with Gasteiger partial charge in [0.1, 0.15) is 6.54 Å². The molecule has 1 saturated heterocycles. The number of pyridine rings is 1. The van der Waals surface area contributed by atoms with Gasteiger partial charge in [0.25, 0.3) is 0 Å². The minimum atomic E-state index is -0.313. The lowest BCUT2D eigenvalue weighted by molar-refractivity contribution is -0.899. The van der Waals surface area contributed by atoms with Gasteiger partial charge in [0, 0.05) is 24.7 Å². The summed E-state index contributed by atoms with van der Waals surface area (Å²) in [5, 5.41) is 9.16. The molecular weight excluding hydrogens is 236 g/mol. The SMILES string of the molecule is CC(O)CC#CC[NH+]1CCCC(c2cccnc2)C1. The molecule has 1 aromatic heterocycles. The summed E-state index contributed by atoms with van der Waals surface area (Å²) in [6.45, 7) is 5.03. The molecule has 0 spiro atoms. The highest BCUT2D eigenvalue weighted by Gasteiger charge is 2.23. The summed E-state index contributed by atoms with van der Waals surface area (Å²) in [6.07, 6.45) is 6.61. The van der Waals surface area contributed by atoms with E-state index in [-0.39, 0.29) is 6.10 Å². The van der Waals surface area contributed by atoms with Crippen LogP contribution in [0.25, 0.3) is 0 Å². The van der Waals surface area contributed by atoms with Crippen LogP contribution in [0.4, 0.5) is 0 Å². The molecule has 3 unspecified atom stereocenters. The number of nitrogens with zero attached hydrogens (tertiary/aromatic N) is 1. The summed E-state index contributed by atoms with van der Waals surface area (Å²) in [5.74, 6) is 6.87. The van der Waals surface area contributed by atoms with E-state index in [1.54, 1.807) is 11.8 Å². The molecule has 3 atom stereocenters. The Bertz CT molecular complexity index is 433. The Morgan fingerprint density at radius 2 is 2.42 bits per heavy atom. The molecule has 1 aromatic rings. The quantitative estimate of drug-likeness (QED) is 0.781. The molecule has 0 aliphatic carbocycles. The van der Waals surface area contributed by atoms with Gasteiger partial charge < -0.3 is 10.0 Å². The molecule has 0 bridgehead atoms. The molecule has 3 heteroatoms. The van der Waals surface area contributed by atoms with Crippen LogP contribution in [0.15, 0.2) is 24.5 Å². The molecule has 2 rings (SSSR count). The zero-order valence-corrected chi connectivity index (χ0v) is 11.6. The Labute approximate surface area is 115 Å². The van der Waals surface area contributed by atoms with E-state index < -0.39 is 0 Å². The van der Waals surface area contributed by atoms with Gasteiger partial charge in [0.15, 0.2) is 0 Å². The van der Waals surface area contributed by atoms with Gasteiger partial charge in [0.2, 0.25) is 0 Å². The molecule has 19 heavy (non-hydrogen) atoms. The highest BCUT2D eigenvalue weighted by atomic mass is 16.3. The maximum atomic E-state index is 9.16. The topological polar surface area (TPSA) is 37.6 Å². The molecule has 3 nitrogen and oxygen atoms in total. The first-order chi connectivity index (χ1) is 9.25. The number of rotatable bonds is 3. The van der Waals surface area contributed by atoms with Crippen molar-refractivity contribution in [2.75, 3.05) is 19.6 Å². The number of nitrogens with one attached hydrogen (secondary N) is 1. The predicted octanol–water partition coefficient (Wildman–Crippen LogP) is 0.618. The van der Waals surface area contributed by atoms with Crippen molar-refractivity contribution in [3.8, 4) is 11.8 Å². The lowest BCUT2D eigenvalue weighted by Gasteiger charge is -2.28. The molecule has 1 aliphatic rings. The van der Waals surface area contributed by atoms with E-state index in [1.807, 2.05) is 18.5 Å². The fourth-order valence-corrected chi connectivity index (χ4v) is 2.62. The van der Waals surface area contributed by atoms with Gasteiger partial charge in [-0.15, -0.1) is 0 Å². The van der Waals surface area contributed by atoms with Crippen LogP contribution in [0.3, 0.4) is 0 Å². The predicted molar refractivity (Wildman–Crippen MR) is 75.8 cm³/mol. The van der Waals surface area contributed by atoms with Crippen molar-refractivity contribution >= 4 is 0 Å². The van der Waals surface area contributed by atoms with Crippen molar-refractivity contribution in [2.45, 2.75) is 38.2 Å². The average molecular weight is 259 g/mol. The van der Waals surface area contributed by atoms with Gasteiger partial charge >= 0.3 is 0 Å². The van der Waals surface area contributed by atoms with Crippen LogP contribution in [0.1, 0.15) is 37.7 Å². The van der Waals surface area contributed by atoms with Crippen LogP contribution in [0, 0.1) is 11.8 Å². The van der Waals surface area contributed by atoms with Gasteiger partial charge in [-0.3, -0.25) is 4.98 Å². The second kappa shape index (κ2) is 7.28. The fourth-order valence-electron chi connectivity index (χ4n) is 2.62. The summed E-state index contributed by atoms with van der Waals surface area (Å²) in [7, 11) is 0. The first-order valence-corrected chi connectivity index (χ1v) is 7.13. The molecule has 2 N–H and O–H groups in total. The third-order valence-electron chi connectivity index (χ3n) is 3.63. The third-order valence-corrected chi connectivity index (χ3v) is 3.63. The van der Waals surface area contributed by atoms with Gasteiger partial charge in [-0.2, -0.15) is 0 Å². The van der Waals surface area contributed by atoms with Crippen molar-refractivity contribution in [1.29, 1.82) is 0 Å². The lowest BCUT2D eigenvalue weighted by Crippen LogP contribution is -3.13. The number of hydrogen-bond donors (Lipinski definition) is 2. The van der Waals surface area contributed by atoms with E-state index in [9.17, 15) is 0 Å². The summed E-state index contributed by atoms with van der Waals surface area (Å²) < 4.78 is 0. The zero-order chi connectivity index (χ0) is 13.5. The van der Waals surface area contributed by atoms with E-state index in [0.717, 1.165) is 13.1 Å². The van der Waals surface area contributed by atoms with Gasteiger partial charge in [0.05, 0.1) is 19.2 Å². The number of aliphatic hydroxyl groups excluding tert-OH is 1. The van der Waals surface area contributed by atoms with Crippen molar-refractivity contribution in [3.63, 3.8) is 0 Å². The first-order valence-electron chi connectivity index (χ1n) is 7.13. The van der Waals surface area contributed by atoms with E-state index in [2.05, 4.69) is 22.9 Å². The molecule has 1 aliphatic heterocycles. The van der Waals surface area contributed by atoms with E-state index in [1.165, 1.54) is 24.9 Å². The fraction of sp³-hybridized carbons (Fsp3) is 0.562. The second-order valence-corrected chi connectivity index (χ2v) is 5.41. The zero-order valence-electron chi connectivity index (χ0n) is 11.6. The molecule has 2 heterocycles. The number of piperidine rings is 1. The van der Waals surface area contributed by atoms with Crippen LogP contribution in [0.2, 0.25) is 0 Å². The normalized spacial score (nSPS) is 24.3. The highest BCUT2D eigenvalue weighted by Crippen LogP contribution is 2.20. The summed E-state index contributed by atoms with van der Waals surface area (Å²) in [6, 6.07) is 4.20. The van der Waals surface area contributed by atoms with Crippen LogP contribution in [-0.4, -0.2) is 35.8 Å². The number of quaternary nitrogens is 1. The largest absolute Gasteiger partial charge is 0.392 e. The van der Waals surface area contributed by atoms with Crippen LogP contribution in [0.5, 0.6) is 0 Å². The molecule has 0 amide bonds. The van der Waals surface area contributed by atoms with Crippen LogP contribution >= 0.6 is 0 Å². The van der Waals surface area contributed by atoms with Gasteiger partial charge in [-0.1, -0.05) is 12.0 Å². The minimum absolute atomic E-state index is 0.313. The van der Waals surface area contributed by atoms with Crippen LogP contribution < -0.4 is 4.90 Å². The molecule has 0 saturated carbocycles. The number of aliphatic hydroxyl groups is 1. The maximum absolute atomic E-state index is 9.16. The van der Waals surface area contributed by atoms with Crippen molar-refractivity contribution < 1.29 is 10.0 Å². The van der Waals surface area contributed by atoms with Crippen LogP contribution in [-0.2, 0) is 0 Å². The monoisotopic (exact) mass is 259 g/mol. The number of aromatic nitrogens is 1. The van der Waals surface area contributed by atoms with Crippen molar-refractivity contribution in [2.24, 2.45) is 0 Å². The average Bonchev–Trinajstić information content (AvgIpc) is 2.45. The van der Waals surface area contributed by atoms with Gasteiger partial charge in [-0.25, -0.2) is 0 Å². The molecule has 102 valence electrons. The van der Waals surface area contributed by atoms with E-state index in [0.29, 0.717) is 12.3 Å². The van der Waals surface area contributed by atoms with Gasteiger partial charge in [-0.05, 0) is 37.3 Å². The molecule has 0 aromatic carbocycles. The lowest BCUT2D eigenvalue weighted by atomic mass is 9.92. The summed E-state index contributed by atoms with van der Waals surface area (Å²) >= 11 is 0.